The maximum absolute atomic E-state index is 13.0. The fraction of sp³-hybridized carbons (Fsp3) is 0.345. The van der Waals surface area contributed by atoms with E-state index in [1.807, 2.05) is 33.8 Å². The highest BCUT2D eigenvalue weighted by atomic mass is 35.5. The van der Waals surface area contributed by atoms with Crippen LogP contribution in [0.4, 0.5) is 17.2 Å². The third-order valence-corrected chi connectivity index (χ3v) is 6.35. The van der Waals surface area contributed by atoms with E-state index in [0.29, 0.717) is 29.6 Å². The molecule has 4 rings (SSSR count). The van der Waals surface area contributed by atoms with E-state index in [1.54, 1.807) is 42.6 Å². The molecule has 2 amide bonds. The zero-order chi connectivity index (χ0) is 28.9. The normalized spacial score (nSPS) is 15.6. The monoisotopic (exact) mass is 564 g/mol. The lowest BCUT2D eigenvalue weighted by Gasteiger charge is -2.25. The molecule has 1 atom stereocenters. The van der Waals surface area contributed by atoms with Gasteiger partial charge in [-0.3, -0.25) is 19.7 Å². The molecule has 3 heterocycles. The van der Waals surface area contributed by atoms with Crippen molar-refractivity contribution in [3.63, 3.8) is 0 Å². The maximum Gasteiger partial charge on any atom is 0.323 e. The van der Waals surface area contributed by atoms with Crippen LogP contribution >= 0.6 is 11.6 Å². The van der Waals surface area contributed by atoms with Crippen LogP contribution in [0.2, 0.25) is 5.02 Å². The van der Waals surface area contributed by atoms with Crippen LogP contribution in [0.25, 0.3) is 0 Å². The van der Waals surface area contributed by atoms with Gasteiger partial charge in [-0.1, -0.05) is 23.2 Å². The molecule has 1 saturated heterocycles. The number of anilines is 3. The second-order valence-electron chi connectivity index (χ2n) is 10.6. The lowest BCUT2D eigenvalue weighted by atomic mass is 10.1. The van der Waals surface area contributed by atoms with Crippen molar-refractivity contribution in [1.29, 1.82) is 0 Å². The van der Waals surface area contributed by atoms with Crippen molar-refractivity contribution in [3.05, 3.63) is 76.7 Å². The van der Waals surface area contributed by atoms with Gasteiger partial charge in [0, 0.05) is 12.7 Å². The predicted molar refractivity (Wildman–Crippen MR) is 155 cm³/mol. The predicted octanol–water partition coefficient (Wildman–Crippen LogP) is 4.80. The number of aryl methyl sites for hydroxylation is 1. The summed E-state index contributed by atoms with van der Waals surface area (Å²) in [6.07, 6.45) is 4.52. The Morgan fingerprint density at radius 1 is 1.02 bits per heavy atom. The number of benzene rings is 1. The van der Waals surface area contributed by atoms with E-state index in [4.69, 9.17) is 16.3 Å². The Hall–Kier alpha value is -4.02. The minimum atomic E-state index is -0.540. The van der Waals surface area contributed by atoms with E-state index in [-0.39, 0.29) is 23.3 Å². The second-order valence-corrected chi connectivity index (χ2v) is 11.0. The molecule has 210 valence electrons. The molecule has 10 nitrogen and oxygen atoms in total. The number of aromatic nitrogens is 2. The lowest BCUT2D eigenvalue weighted by Crippen LogP contribution is -2.43. The minimum absolute atomic E-state index is 0.199. The summed E-state index contributed by atoms with van der Waals surface area (Å²) < 4.78 is 5.52. The van der Waals surface area contributed by atoms with E-state index < -0.39 is 17.4 Å². The lowest BCUT2D eigenvalue weighted by molar-refractivity contribution is -0.157. The number of hydrogen-bond donors (Lipinski definition) is 3. The zero-order valence-electron chi connectivity index (χ0n) is 23.0. The van der Waals surface area contributed by atoms with Gasteiger partial charge in [-0.2, -0.15) is 0 Å². The molecule has 1 aromatic carbocycles. The highest BCUT2D eigenvalue weighted by Crippen LogP contribution is 2.22. The first-order chi connectivity index (χ1) is 19.0. The fourth-order valence-corrected chi connectivity index (χ4v) is 4.28. The van der Waals surface area contributed by atoms with Gasteiger partial charge in [0.2, 0.25) is 0 Å². The van der Waals surface area contributed by atoms with Gasteiger partial charge < -0.3 is 20.3 Å². The molecule has 3 aromatic rings. The van der Waals surface area contributed by atoms with Crippen LogP contribution in [0.5, 0.6) is 0 Å². The smallest absolute Gasteiger partial charge is 0.323 e. The average molecular weight is 565 g/mol. The van der Waals surface area contributed by atoms with Crippen molar-refractivity contribution in [3.8, 4) is 0 Å². The first-order valence-electron chi connectivity index (χ1n) is 13.0. The molecule has 11 heteroatoms. The van der Waals surface area contributed by atoms with Crippen molar-refractivity contribution in [2.24, 2.45) is 0 Å². The first kappa shape index (κ1) is 29.0. The number of ether oxygens (including phenoxy) is 1. The summed E-state index contributed by atoms with van der Waals surface area (Å²) in [5.41, 5.74) is 1.97. The number of rotatable bonds is 6. The zero-order valence-corrected chi connectivity index (χ0v) is 23.7. The van der Waals surface area contributed by atoms with Gasteiger partial charge in [0.25, 0.3) is 11.8 Å². The SMILES string of the molecule is Cc1ccc(NC(=O)c2ccc(N3CCCC(C(=O)OC(C)(C)C)NC3)cn2)c(C(=O)Nc2ccc(Cl)cn2)c1. The summed E-state index contributed by atoms with van der Waals surface area (Å²) in [6.45, 7) is 8.58. The number of nitrogens with zero attached hydrogens (tertiary/aromatic N) is 3. The molecule has 0 radical (unpaired) electrons. The molecule has 1 aliphatic heterocycles. The third-order valence-electron chi connectivity index (χ3n) is 6.12. The first-order valence-corrected chi connectivity index (χ1v) is 13.4. The second kappa shape index (κ2) is 12.4. The summed E-state index contributed by atoms with van der Waals surface area (Å²) in [5, 5.41) is 9.23. The molecule has 0 spiro atoms. The fourth-order valence-electron chi connectivity index (χ4n) is 4.16. The van der Waals surface area contributed by atoms with Crippen molar-refractivity contribution in [2.45, 2.75) is 52.2 Å². The molecule has 3 N–H and O–H groups in total. The summed E-state index contributed by atoms with van der Waals surface area (Å²) >= 11 is 5.87. The summed E-state index contributed by atoms with van der Waals surface area (Å²) in [7, 11) is 0. The number of esters is 1. The minimum Gasteiger partial charge on any atom is -0.459 e. The quantitative estimate of drug-likeness (QED) is 0.365. The van der Waals surface area contributed by atoms with E-state index in [9.17, 15) is 14.4 Å². The Labute approximate surface area is 238 Å². The topological polar surface area (TPSA) is 126 Å². The molecule has 0 aliphatic carbocycles. The maximum atomic E-state index is 13.0. The van der Waals surface area contributed by atoms with E-state index in [2.05, 4.69) is 30.8 Å². The molecular weight excluding hydrogens is 532 g/mol. The van der Waals surface area contributed by atoms with Crippen LogP contribution in [0.3, 0.4) is 0 Å². The molecule has 1 unspecified atom stereocenters. The Morgan fingerprint density at radius 2 is 1.82 bits per heavy atom. The molecule has 1 fully saturated rings. The average Bonchev–Trinajstić information content (AvgIpc) is 3.17. The molecule has 2 aromatic heterocycles. The Bertz CT molecular complexity index is 1370. The van der Waals surface area contributed by atoms with Crippen LogP contribution in [-0.4, -0.2) is 52.6 Å². The van der Waals surface area contributed by atoms with Gasteiger partial charge >= 0.3 is 5.97 Å². The Kier molecular flexibility index (Phi) is 9.01. The van der Waals surface area contributed by atoms with Crippen LogP contribution in [0.15, 0.2) is 54.9 Å². The molecule has 0 saturated carbocycles. The van der Waals surface area contributed by atoms with Crippen LogP contribution in [-0.2, 0) is 9.53 Å². The van der Waals surface area contributed by atoms with E-state index >= 15 is 0 Å². The molecular formula is C29H33ClN6O4. The van der Waals surface area contributed by atoms with Crippen molar-refractivity contribution >= 4 is 46.6 Å². The summed E-state index contributed by atoms with van der Waals surface area (Å²) in [6, 6.07) is 11.5. The Morgan fingerprint density at radius 3 is 2.50 bits per heavy atom. The molecule has 1 aliphatic rings. The van der Waals surface area contributed by atoms with Crippen molar-refractivity contribution in [1.82, 2.24) is 15.3 Å². The number of amides is 2. The van der Waals surface area contributed by atoms with Gasteiger partial charge in [0.05, 0.1) is 34.8 Å². The highest BCUT2D eigenvalue weighted by molar-refractivity contribution is 6.30. The molecule has 0 bridgehead atoms. The largest absolute Gasteiger partial charge is 0.459 e. The van der Waals surface area contributed by atoms with Gasteiger partial charge in [0.15, 0.2) is 0 Å². The number of pyridine rings is 2. The van der Waals surface area contributed by atoms with Crippen LogP contribution in [0, 0.1) is 6.92 Å². The molecule has 40 heavy (non-hydrogen) atoms. The van der Waals surface area contributed by atoms with Crippen LogP contribution < -0.4 is 20.9 Å². The standard InChI is InChI=1S/C29H33ClN6O4/c1-18-7-10-22(21(14-18)26(37)35-25-12-8-19(30)15-32-25)34-27(38)23-11-9-20(16-31-23)36-13-5-6-24(33-17-36)28(39)40-29(2,3)4/h7-12,14-16,24,33H,5-6,13,17H2,1-4H3,(H,34,38)(H,32,35,37). The summed E-state index contributed by atoms with van der Waals surface area (Å²) in [4.78, 5) is 49.0. The Balaban J connectivity index is 1.41. The van der Waals surface area contributed by atoms with E-state index in [0.717, 1.165) is 24.2 Å². The van der Waals surface area contributed by atoms with Crippen molar-refractivity contribution in [2.75, 3.05) is 28.7 Å². The number of hydrogen-bond acceptors (Lipinski definition) is 8. The van der Waals surface area contributed by atoms with Crippen molar-refractivity contribution < 1.29 is 19.1 Å². The van der Waals surface area contributed by atoms with E-state index in [1.165, 1.54) is 6.20 Å². The number of halogens is 1. The highest BCUT2D eigenvalue weighted by Gasteiger charge is 2.27. The number of carbonyl (C=O) groups excluding carboxylic acids is 3. The summed E-state index contributed by atoms with van der Waals surface area (Å²) in [5.74, 6) is -0.789. The number of nitrogens with one attached hydrogen (secondary N) is 3. The van der Waals surface area contributed by atoms with Gasteiger partial charge in [-0.15, -0.1) is 0 Å². The van der Waals surface area contributed by atoms with Gasteiger partial charge in [0.1, 0.15) is 23.2 Å². The third kappa shape index (κ3) is 7.77. The van der Waals surface area contributed by atoms with Crippen LogP contribution in [0.1, 0.15) is 60.0 Å². The van der Waals surface area contributed by atoms with Gasteiger partial charge in [-0.25, -0.2) is 9.97 Å². The van der Waals surface area contributed by atoms with Gasteiger partial charge in [-0.05, 0) is 76.9 Å². The number of carbonyl (C=O) groups is 3.